The molecule has 2 rings (SSSR count). The van der Waals surface area contributed by atoms with Crippen molar-refractivity contribution >= 4 is 0 Å². The topological polar surface area (TPSA) is 21.3 Å². The van der Waals surface area contributed by atoms with Gasteiger partial charge >= 0.3 is 0 Å². The van der Waals surface area contributed by atoms with Gasteiger partial charge in [-0.1, -0.05) is 44.2 Å². The van der Waals surface area contributed by atoms with E-state index in [1.54, 1.807) is 0 Å². The molecule has 1 aliphatic heterocycles. The molecule has 0 aliphatic carbocycles. The summed E-state index contributed by atoms with van der Waals surface area (Å²) in [6.07, 6.45) is 1.14. The third-order valence-electron chi connectivity index (χ3n) is 3.32. The summed E-state index contributed by atoms with van der Waals surface area (Å²) in [7, 11) is 0. The minimum atomic E-state index is 0.184. The Kier molecular flexibility index (Phi) is 3.62. The summed E-state index contributed by atoms with van der Waals surface area (Å²) < 4.78 is 5.37. The SMILES string of the molecule is CC(C)(CNC1CCOC1)c1ccccc1. The number of hydrogen-bond donors (Lipinski definition) is 1. The molecule has 1 aromatic carbocycles. The summed E-state index contributed by atoms with van der Waals surface area (Å²) in [5.41, 5.74) is 1.57. The highest BCUT2D eigenvalue weighted by Gasteiger charge is 2.23. The standard InChI is InChI=1S/C14H21NO/c1-14(2,12-6-4-3-5-7-12)11-15-13-8-9-16-10-13/h3-7,13,15H,8-11H2,1-2H3. The van der Waals surface area contributed by atoms with E-state index in [0.717, 1.165) is 26.2 Å². The Morgan fingerprint density at radius 2 is 2.06 bits per heavy atom. The molecular weight excluding hydrogens is 198 g/mol. The van der Waals surface area contributed by atoms with Gasteiger partial charge in [0.25, 0.3) is 0 Å². The highest BCUT2D eigenvalue weighted by molar-refractivity contribution is 5.23. The van der Waals surface area contributed by atoms with E-state index in [-0.39, 0.29) is 5.41 Å². The van der Waals surface area contributed by atoms with Crippen LogP contribution in [0, 0.1) is 0 Å². The van der Waals surface area contributed by atoms with E-state index in [9.17, 15) is 0 Å². The van der Waals surface area contributed by atoms with Gasteiger partial charge in [0, 0.05) is 24.6 Å². The van der Waals surface area contributed by atoms with E-state index >= 15 is 0 Å². The third-order valence-corrected chi connectivity index (χ3v) is 3.32. The number of ether oxygens (including phenoxy) is 1. The molecule has 0 spiro atoms. The fourth-order valence-corrected chi connectivity index (χ4v) is 2.09. The summed E-state index contributed by atoms with van der Waals surface area (Å²) in [5, 5.41) is 3.60. The molecule has 0 bridgehead atoms. The summed E-state index contributed by atoms with van der Waals surface area (Å²) in [6.45, 7) is 7.34. The number of nitrogens with one attached hydrogen (secondary N) is 1. The van der Waals surface area contributed by atoms with Crippen molar-refractivity contribution in [3.05, 3.63) is 35.9 Å². The van der Waals surface area contributed by atoms with E-state index in [2.05, 4.69) is 49.5 Å². The van der Waals surface area contributed by atoms with Crippen LogP contribution in [0.25, 0.3) is 0 Å². The van der Waals surface area contributed by atoms with Crippen molar-refractivity contribution in [3.63, 3.8) is 0 Å². The second-order valence-corrected chi connectivity index (χ2v) is 5.19. The molecule has 1 aromatic rings. The quantitative estimate of drug-likeness (QED) is 0.839. The average Bonchev–Trinajstić information content (AvgIpc) is 2.81. The van der Waals surface area contributed by atoms with Crippen molar-refractivity contribution in [2.75, 3.05) is 19.8 Å². The number of hydrogen-bond acceptors (Lipinski definition) is 2. The van der Waals surface area contributed by atoms with Gasteiger partial charge in [0.05, 0.1) is 6.61 Å². The van der Waals surface area contributed by atoms with E-state index in [1.807, 2.05) is 0 Å². The molecule has 2 heteroatoms. The lowest BCUT2D eigenvalue weighted by Crippen LogP contribution is -2.39. The Morgan fingerprint density at radius 1 is 1.31 bits per heavy atom. The third kappa shape index (κ3) is 2.83. The minimum Gasteiger partial charge on any atom is -0.380 e. The first-order valence-corrected chi connectivity index (χ1v) is 6.05. The molecule has 0 amide bonds. The molecule has 2 nitrogen and oxygen atoms in total. The fraction of sp³-hybridized carbons (Fsp3) is 0.571. The van der Waals surface area contributed by atoms with Crippen LogP contribution in [0.5, 0.6) is 0 Å². The maximum absolute atomic E-state index is 5.37. The highest BCUT2D eigenvalue weighted by atomic mass is 16.5. The lowest BCUT2D eigenvalue weighted by atomic mass is 9.84. The Bertz CT molecular complexity index is 315. The van der Waals surface area contributed by atoms with E-state index in [0.29, 0.717) is 6.04 Å². The molecular formula is C14H21NO. The van der Waals surface area contributed by atoms with Gasteiger partial charge in [-0.15, -0.1) is 0 Å². The van der Waals surface area contributed by atoms with Gasteiger partial charge < -0.3 is 10.1 Å². The average molecular weight is 219 g/mol. The summed E-state index contributed by atoms with van der Waals surface area (Å²) in [4.78, 5) is 0. The second kappa shape index (κ2) is 4.98. The van der Waals surface area contributed by atoms with Crippen LogP contribution < -0.4 is 5.32 Å². The normalized spacial score (nSPS) is 21.2. The van der Waals surface area contributed by atoms with Crippen molar-refractivity contribution in [2.45, 2.75) is 31.7 Å². The van der Waals surface area contributed by atoms with Crippen molar-refractivity contribution in [1.29, 1.82) is 0 Å². The first-order chi connectivity index (χ1) is 7.68. The first-order valence-electron chi connectivity index (χ1n) is 6.05. The van der Waals surface area contributed by atoms with E-state index in [1.165, 1.54) is 5.56 Å². The van der Waals surface area contributed by atoms with E-state index < -0.39 is 0 Å². The van der Waals surface area contributed by atoms with E-state index in [4.69, 9.17) is 4.74 Å². The Hall–Kier alpha value is -0.860. The van der Waals surface area contributed by atoms with Gasteiger partial charge in [-0.25, -0.2) is 0 Å². The lowest BCUT2D eigenvalue weighted by Gasteiger charge is -2.27. The molecule has 88 valence electrons. The zero-order chi connectivity index (χ0) is 11.4. The number of rotatable bonds is 4. The molecule has 1 saturated heterocycles. The molecule has 1 heterocycles. The van der Waals surface area contributed by atoms with Gasteiger partial charge in [-0.3, -0.25) is 0 Å². The Balaban J connectivity index is 1.92. The van der Waals surface area contributed by atoms with Crippen LogP contribution in [0.3, 0.4) is 0 Å². The van der Waals surface area contributed by atoms with Gasteiger partial charge in [-0.05, 0) is 12.0 Å². The molecule has 16 heavy (non-hydrogen) atoms. The smallest absolute Gasteiger partial charge is 0.0620 e. The largest absolute Gasteiger partial charge is 0.380 e. The Morgan fingerprint density at radius 3 is 2.69 bits per heavy atom. The van der Waals surface area contributed by atoms with Crippen molar-refractivity contribution in [2.24, 2.45) is 0 Å². The highest BCUT2D eigenvalue weighted by Crippen LogP contribution is 2.22. The van der Waals surface area contributed by atoms with Crippen LogP contribution >= 0.6 is 0 Å². The zero-order valence-electron chi connectivity index (χ0n) is 10.2. The van der Waals surface area contributed by atoms with Crippen molar-refractivity contribution in [1.82, 2.24) is 5.32 Å². The van der Waals surface area contributed by atoms with Crippen LogP contribution in [-0.2, 0) is 10.2 Å². The molecule has 1 atom stereocenters. The summed E-state index contributed by atoms with van der Waals surface area (Å²) in [6, 6.07) is 11.2. The molecule has 0 radical (unpaired) electrons. The van der Waals surface area contributed by atoms with Crippen LogP contribution in [0.2, 0.25) is 0 Å². The molecule has 1 N–H and O–H groups in total. The zero-order valence-corrected chi connectivity index (χ0v) is 10.2. The minimum absolute atomic E-state index is 0.184. The van der Waals surface area contributed by atoms with Crippen LogP contribution in [0.1, 0.15) is 25.8 Å². The number of benzene rings is 1. The lowest BCUT2D eigenvalue weighted by molar-refractivity contribution is 0.189. The summed E-state index contributed by atoms with van der Waals surface area (Å²) in [5.74, 6) is 0. The molecule has 0 saturated carbocycles. The van der Waals surface area contributed by atoms with Gasteiger partial charge in [0.1, 0.15) is 0 Å². The van der Waals surface area contributed by atoms with Crippen molar-refractivity contribution in [3.8, 4) is 0 Å². The predicted molar refractivity (Wildman–Crippen MR) is 66.7 cm³/mol. The van der Waals surface area contributed by atoms with Crippen LogP contribution in [0.15, 0.2) is 30.3 Å². The second-order valence-electron chi connectivity index (χ2n) is 5.19. The monoisotopic (exact) mass is 219 g/mol. The first kappa shape index (κ1) is 11.6. The van der Waals surface area contributed by atoms with Gasteiger partial charge in [0.15, 0.2) is 0 Å². The molecule has 1 unspecified atom stereocenters. The summed E-state index contributed by atoms with van der Waals surface area (Å²) >= 11 is 0. The molecule has 0 aromatic heterocycles. The maximum Gasteiger partial charge on any atom is 0.0620 e. The fourth-order valence-electron chi connectivity index (χ4n) is 2.09. The molecule has 1 aliphatic rings. The van der Waals surface area contributed by atoms with Crippen LogP contribution in [0.4, 0.5) is 0 Å². The Labute approximate surface area is 98.0 Å². The molecule has 1 fully saturated rings. The maximum atomic E-state index is 5.37. The van der Waals surface area contributed by atoms with Gasteiger partial charge in [0.2, 0.25) is 0 Å². The van der Waals surface area contributed by atoms with Crippen molar-refractivity contribution < 1.29 is 4.74 Å². The predicted octanol–water partition coefficient (Wildman–Crippen LogP) is 2.34. The van der Waals surface area contributed by atoms with Gasteiger partial charge in [-0.2, -0.15) is 0 Å². The van der Waals surface area contributed by atoms with Crippen LogP contribution in [-0.4, -0.2) is 25.8 Å².